The molecule has 15 heavy (non-hydrogen) atoms. The zero-order chi connectivity index (χ0) is 11.3. The average molecular weight is 206 g/mol. The molecule has 0 saturated carbocycles. The van der Waals surface area contributed by atoms with E-state index in [9.17, 15) is 9.18 Å². The number of nitrogens with one attached hydrogen (secondary N) is 1. The first-order valence-corrected chi connectivity index (χ1v) is 4.62. The first-order chi connectivity index (χ1) is 7.08. The lowest BCUT2D eigenvalue weighted by atomic mass is 9.93. The van der Waals surface area contributed by atoms with E-state index in [0.29, 0.717) is 18.4 Å². The molecule has 78 valence electrons. The van der Waals surface area contributed by atoms with Crippen LogP contribution in [0.1, 0.15) is 5.56 Å². The van der Waals surface area contributed by atoms with Crippen molar-refractivity contribution in [2.45, 2.75) is 6.42 Å². The van der Waals surface area contributed by atoms with E-state index < -0.39 is 5.91 Å². The molecule has 0 aliphatic rings. The van der Waals surface area contributed by atoms with Crippen LogP contribution in [-0.4, -0.2) is 26.8 Å². The fourth-order valence-electron chi connectivity index (χ4n) is 1.26. The Hall–Kier alpha value is -1.36. The number of carbonyl (C=O) groups is 1. The van der Waals surface area contributed by atoms with Gasteiger partial charge in [0.2, 0.25) is 5.91 Å². The van der Waals surface area contributed by atoms with Crippen molar-refractivity contribution in [1.82, 2.24) is 5.32 Å². The maximum Gasteiger partial charge on any atom is 0.231 e. The lowest BCUT2D eigenvalue weighted by Gasteiger charge is -2.04. The summed E-state index contributed by atoms with van der Waals surface area (Å²) >= 11 is 0. The summed E-state index contributed by atoms with van der Waals surface area (Å²) < 4.78 is 12.9. The third kappa shape index (κ3) is 4.60. The minimum absolute atomic E-state index is 0.130. The van der Waals surface area contributed by atoms with E-state index in [1.165, 1.54) is 12.1 Å². The second kappa shape index (κ2) is 5.51. The lowest BCUT2D eigenvalue weighted by Crippen LogP contribution is -2.30. The standard InChI is InChI=1S/C10H12BFN2O/c11-8-3-7(4-9(12)5-8)1-2-14-6-10(13)15/h3-5,14H,1-2,6H2,(H2,13,15). The van der Waals surface area contributed by atoms with E-state index in [1.807, 2.05) is 0 Å². The molecule has 0 aliphatic carbocycles. The summed E-state index contributed by atoms with van der Waals surface area (Å²) in [6.45, 7) is 0.691. The first kappa shape index (κ1) is 11.7. The summed E-state index contributed by atoms with van der Waals surface area (Å²) in [5.41, 5.74) is 6.14. The molecule has 3 N–H and O–H groups in total. The predicted octanol–water partition coefficient (Wildman–Crippen LogP) is -0.763. The number of benzene rings is 1. The Balaban J connectivity index is 2.40. The van der Waals surface area contributed by atoms with Gasteiger partial charge in [0.05, 0.1) is 6.54 Å². The maximum absolute atomic E-state index is 12.9. The Bertz CT molecular complexity index is 337. The monoisotopic (exact) mass is 206 g/mol. The number of amides is 1. The number of nitrogens with two attached hydrogens (primary N) is 1. The average Bonchev–Trinajstić information content (AvgIpc) is 2.10. The molecule has 0 unspecified atom stereocenters. The van der Waals surface area contributed by atoms with Gasteiger partial charge in [0.1, 0.15) is 13.7 Å². The van der Waals surface area contributed by atoms with Gasteiger partial charge >= 0.3 is 0 Å². The van der Waals surface area contributed by atoms with Crippen LogP contribution >= 0.6 is 0 Å². The van der Waals surface area contributed by atoms with Crippen LogP contribution in [0.3, 0.4) is 0 Å². The molecule has 1 amide bonds. The quantitative estimate of drug-likeness (QED) is 0.491. The second-order valence-corrected chi connectivity index (χ2v) is 3.29. The highest BCUT2D eigenvalue weighted by molar-refractivity contribution is 6.32. The number of hydrogen-bond donors (Lipinski definition) is 2. The molecule has 0 aromatic heterocycles. The van der Waals surface area contributed by atoms with Gasteiger partial charge in [0, 0.05) is 0 Å². The molecule has 0 heterocycles. The van der Waals surface area contributed by atoms with Gasteiger partial charge < -0.3 is 11.1 Å². The largest absolute Gasteiger partial charge is 0.369 e. The normalized spacial score (nSPS) is 10.2. The fraction of sp³-hybridized carbons (Fsp3) is 0.300. The fourth-order valence-corrected chi connectivity index (χ4v) is 1.26. The van der Waals surface area contributed by atoms with E-state index in [-0.39, 0.29) is 12.4 Å². The molecular formula is C10H12BFN2O. The summed E-state index contributed by atoms with van der Waals surface area (Å²) in [6.07, 6.45) is 0.606. The van der Waals surface area contributed by atoms with E-state index in [0.717, 1.165) is 5.56 Å². The van der Waals surface area contributed by atoms with Crippen molar-refractivity contribution >= 4 is 19.2 Å². The van der Waals surface area contributed by atoms with Crippen molar-refractivity contribution in [3.63, 3.8) is 0 Å². The topological polar surface area (TPSA) is 55.1 Å². The highest BCUT2D eigenvalue weighted by Gasteiger charge is 1.98. The summed E-state index contributed by atoms with van der Waals surface area (Å²) in [6, 6.07) is 4.39. The van der Waals surface area contributed by atoms with Crippen LogP contribution in [0.4, 0.5) is 4.39 Å². The van der Waals surface area contributed by atoms with Crippen molar-refractivity contribution in [2.24, 2.45) is 5.73 Å². The van der Waals surface area contributed by atoms with Gasteiger partial charge in [-0.2, -0.15) is 0 Å². The van der Waals surface area contributed by atoms with Crippen molar-refractivity contribution < 1.29 is 9.18 Å². The Kier molecular flexibility index (Phi) is 4.30. The smallest absolute Gasteiger partial charge is 0.231 e. The van der Waals surface area contributed by atoms with Crippen LogP contribution in [0.25, 0.3) is 0 Å². The summed E-state index contributed by atoms with van der Waals surface area (Å²) in [7, 11) is 5.48. The molecule has 0 fully saturated rings. The molecule has 0 aliphatic heterocycles. The van der Waals surface area contributed by atoms with E-state index >= 15 is 0 Å². The molecule has 1 aromatic carbocycles. The molecule has 3 nitrogen and oxygen atoms in total. The minimum atomic E-state index is -0.409. The SMILES string of the molecule is [B]c1cc(F)cc(CCNCC(N)=O)c1. The summed E-state index contributed by atoms with van der Waals surface area (Å²) in [5, 5.41) is 2.83. The van der Waals surface area contributed by atoms with Gasteiger partial charge in [0.15, 0.2) is 0 Å². The van der Waals surface area contributed by atoms with Gasteiger partial charge in [-0.25, -0.2) is 4.39 Å². The molecule has 1 rings (SSSR count). The van der Waals surface area contributed by atoms with Gasteiger partial charge in [-0.05, 0) is 30.7 Å². The Morgan fingerprint density at radius 2 is 2.20 bits per heavy atom. The van der Waals surface area contributed by atoms with Crippen LogP contribution < -0.4 is 16.5 Å². The van der Waals surface area contributed by atoms with Crippen LogP contribution in [-0.2, 0) is 11.2 Å². The van der Waals surface area contributed by atoms with Crippen LogP contribution in [0, 0.1) is 5.82 Å². The molecule has 0 spiro atoms. The first-order valence-electron chi connectivity index (χ1n) is 4.62. The highest BCUT2D eigenvalue weighted by atomic mass is 19.1. The number of rotatable bonds is 5. The van der Waals surface area contributed by atoms with Crippen molar-refractivity contribution in [3.8, 4) is 0 Å². The van der Waals surface area contributed by atoms with Gasteiger partial charge in [-0.3, -0.25) is 4.79 Å². The van der Waals surface area contributed by atoms with Gasteiger partial charge in [0.25, 0.3) is 0 Å². The van der Waals surface area contributed by atoms with Crippen molar-refractivity contribution in [1.29, 1.82) is 0 Å². The number of carbonyl (C=O) groups excluding carboxylic acids is 1. The molecule has 0 atom stereocenters. The molecule has 0 bridgehead atoms. The van der Waals surface area contributed by atoms with Crippen LogP contribution in [0.2, 0.25) is 0 Å². The molecule has 1 aromatic rings. The van der Waals surface area contributed by atoms with Gasteiger partial charge in [-0.15, -0.1) is 0 Å². The van der Waals surface area contributed by atoms with Gasteiger partial charge in [-0.1, -0.05) is 11.5 Å². The van der Waals surface area contributed by atoms with Crippen molar-refractivity contribution in [3.05, 3.63) is 29.6 Å². The zero-order valence-corrected chi connectivity index (χ0v) is 8.29. The summed E-state index contributed by atoms with van der Waals surface area (Å²) in [4.78, 5) is 10.4. The third-order valence-electron chi connectivity index (χ3n) is 1.87. The second-order valence-electron chi connectivity index (χ2n) is 3.29. The van der Waals surface area contributed by atoms with Crippen LogP contribution in [0.5, 0.6) is 0 Å². The Morgan fingerprint density at radius 1 is 1.47 bits per heavy atom. The number of halogens is 1. The molecular weight excluding hydrogens is 194 g/mol. The maximum atomic E-state index is 12.9. The summed E-state index contributed by atoms with van der Waals surface area (Å²) in [5.74, 6) is -0.756. The Morgan fingerprint density at radius 3 is 2.80 bits per heavy atom. The van der Waals surface area contributed by atoms with E-state index in [2.05, 4.69) is 5.32 Å². The molecule has 5 heteroatoms. The van der Waals surface area contributed by atoms with Crippen LogP contribution in [0.15, 0.2) is 18.2 Å². The Labute approximate surface area is 89.3 Å². The number of hydrogen-bond acceptors (Lipinski definition) is 2. The highest BCUT2D eigenvalue weighted by Crippen LogP contribution is 2.01. The third-order valence-corrected chi connectivity index (χ3v) is 1.87. The van der Waals surface area contributed by atoms with Crippen molar-refractivity contribution in [2.75, 3.05) is 13.1 Å². The van der Waals surface area contributed by atoms with E-state index in [1.54, 1.807) is 6.07 Å². The zero-order valence-electron chi connectivity index (χ0n) is 8.29. The molecule has 2 radical (unpaired) electrons. The lowest BCUT2D eigenvalue weighted by molar-refractivity contribution is -0.117. The number of primary amides is 1. The minimum Gasteiger partial charge on any atom is -0.369 e. The van der Waals surface area contributed by atoms with E-state index in [4.69, 9.17) is 13.6 Å². The molecule has 0 saturated heterocycles. The predicted molar refractivity (Wildman–Crippen MR) is 57.6 cm³/mol.